The zero-order chi connectivity index (χ0) is 13.1. The second-order valence-electron chi connectivity index (χ2n) is 4.35. The van der Waals surface area contributed by atoms with Gasteiger partial charge in [-0.1, -0.05) is 19.1 Å². The number of ether oxygens (including phenoxy) is 1. The number of esters is 1. The van der Waals surface area contributed by atoms with Crippen LogP contribution in [0.4, 0.5) is 0 Å². The first-order chi connectivity index (χ1) is 7.87. The van der Waals surface area contributed by atoms with Crippen LogP contribution in [0.2, 0.25) is 0 Å². The van der Waals surface area contributed by atoms with Crippen molar-refractivity contribution in [3.8, 4) is 0 Å². The van der Waals surface area contributed by atoms with E-state index in [9.17, 15) is 9.59 Å². The van der Waals surface area contributed by atoms with Gasteiger partial charge in [0.1, 0.15) is 5.60 Å². The fourth-order valence-corrected chi connectivity index (χ4v) is 1.23. The molecular formula is C13H16O4. The largest absolute Gasteiger partial charge is 0.478 e. The quantitative estimate of drug-likeness (QED) is 0.816. The van der Waals surface area contributed by atoms with Gasteiger partial charge in [-0.25, -0.2) is 9.59 Å². The molecule has 4 heteroatoms. The van der Waals surface area contributed by atoms with Crippen molar-refractivity contribution in [1.82, 2.24) is 0 Å². The molecule has 0 unspecified atom stereocenters. The molecule has 0 radical (unpaired) electrons. The van der Waals surface area contributed by atoms with E-state index >= 15 is 0 Å². The number of rotatable bonds is 4. The fourth-order valence-electron chi connectivity index (χ4n) is 1.23. The topological polar surface area (TPSA) is 63.6 Å². The van der Waals surface area contributed by atoms with Crippen LogP contribution in [0.15, 0.2) is 24.3 Å². The average molecular weight is 236 g/mol. The van der Waals surface area contributed by atoms with Crippen LogP contribution in [0, 0.1) is 0 Å². The maximum atomic E-state index is 11.9. The van der Waals surface area contributed by atoms with Crippen LogP contribution >= 0.6 is 0 Å². The van der Waals surface area contributed by atoms with Gasteiger partial charge < -0.3 is 9.84 Å². The first-order valence-electron chi connectivity index (χ1n) is 5.43. The average Bonchev–Trinajstić information content (AvgIpc) is 2.28. The molecule has 0 fully saturated rings. The molecule has 0 aliphatic rings. The highest BCUT2D eigenvalue weighted by atomic mass is 16.6. The van der Waals surface area contributed by atoms with E-state index in [0.29, 0.717) is 6.42 Å². The van der Waals surface area contributed by atoms with Crippen LogP contribution < -0.4 is 0 Å². The smallest absolute Gasteiger partial charge is 0.339 e. The maximum Gasteiger partial charge on any atom is 0.339 e. The van der Waals surface area contributed by atoms with E-state index in [-0.39, 0.29) is 11.1 Å². The monoisotopic (exact) mass is 236 g/mol. The molecule has 0 bridgehead atoms. The molecule has 1 rings (SSSR count). The van der Waals surface area contributed by atoms with Crippen LogP contribution in [0.25, 0.3) is 0 Å². The molecule has 0 saturated heterocycles. The number of benzene rings is 1. The predicted molar refractivity (Wildman–Crippen MR) is 63.2 cm³/mol. The van der Waals surface area contributed by atoms with E-state index in [1.165, 1.54) is 12.1 Å². The van der Waals surface area contributed by atoms with E-state index in [1.54, 1.807) is 26.0 Å². The van der Waals surface area contributed by atoms with Gasteiger partial charge in [0, 0.05) is 0 Å². The summed E-state index contributed by atoms with van der Waals surface area (Å²) in [7, 11) is 0. The van der Waals surface area contributed by atoms with E-state index < -0.39 is 17.5 Å². The Labute approximate surface area is 100 Å². The first kappa shape index (κ1) is 13.2. The summed E-state index contributed by atoms with van der Waals surface area (Å²) in [6, 6.07) is 6.03. The van der Waals surface area contributed by atoms with Crippen LogP contribution in [-0.4, -0.2) is 22.6 Å². The minimum atomic E-state index is -1.13. The van der Waals surface area contributed by atoms with Crippen LogP contribution in [0.5, 0.6) is 0 Å². The summed E-state index contributed by atoms with van der Waals surface area (Å²) in [6.45, 7) is 5.47. The lowest BCUT2D eigenvalue weighted by molar-refractivity contribution is -0.00273. The molecule has 92 valence electrons. The lowest BCUT2D eigenvalue weighted by atomic mass is 10.1. The number of carboxylic acid groups (broad SMARTS) is 1. The highest BCUT2D eigenvalue weighted by Gasteiger charge is 2.24. The lowest BCUT2D eigenvalue weighted by Gasteiger charge is -2.23. The lowest BCUT2D eigenvalue weighted by Crippen LogP contribution is -2.27. The van der Waals surface area contributed by atoms with Crippen LogP contribution in [0.1, 0.15) is 47.9 Å². The molecule has 17 heavy (non-hydrogen) atoms. The van der Waals surface area contributed by atoms with E-state index in [0.717, 1.165) is 0 Å². The van der Waals surface area contributed by atoms with Gasteiger partial charge in [0.05, 0.1) is 11.1 Å². The number of hydrogen-bond donors (Lipinski definition) is 1. The van der Waals surface area contributed by atoms with Gasteiger partial charge in [0.2, 0.25) is 0 Å². The molecule has 0 aromatic heterocycles. The van der Waals surface area contributed by atoms with Crippen molar-refractivity contribution in [2.45, 2.75) is 32.8 Å². The number of carbonyl (C=O) groups excluding carboxylic acids is 1. The van der Waals surface area contributed by atoms with Crippen molar-refractivity contribution in [2.75, 3.05) is 0 Å². The number of hydrogen-bond acceptors (Lipinski definition) is 3. The van der Waals surface area contributed by atoms with Crippen molar-refractivity contribution in [3.05, 3.63) is 35.4 Å². The Morgan fingerprint density at radius 2 is 1.76 bits per heavy atom. The third kappa shape index (κ3) is 3.31. The highest BCUT2D eigenvalue weighted by Crippen LogP contribution is 2.18. The normalized spacial score (nSPS) is 11.0. The molecule has 0 amide bonds. The van der Waals surface area contributed by atoms with Crippen LogP contribution in [0.3, 0.4) is 0 Å². The van der Waals surface area contributed by atoms with Gasteiger partial charge in [-0.15, -0.1) is 0 Å². The molecule has 0 atom stereocenters. The van der Waals surface area contributed by atoms with Crippen molar-refractivity contribution in [2.24, 2.45) is 0 Å². The fraction of sp³-hybridized carbons (Fsp3) is 0.385. The van der Waals surface area contributed by atoms with Crippen molar-refractivity contribution in [1.29, 1.82) is 0 Å². The second kappa shape index (κ2) is 4.99. The summed E-state index contributed by atoms with van der Waals surface area (Å²) in [4.78, 5) is 22.8. The van der Waals surface area contributed by atoms with Gasteiger partial charge in [-0.05, 0) is 32.4 Å². The van der Waals surface area contributed by atoms with Crippen molar-refractivity contribution < 1.29 is 19.4 Å². The Hall–Kier alpha value is -1.84. The molecule has 1 aromatic rings. The third-order valence-corrected chi connectivity index (χ3v) is 2.60. The highest BCUT2D eigenvalue weighted by molar-refractivity contribution is 6.02. The molecule has 0 saturated carbocycles. The molecule has 4 nitrogen and oxygen atoms in total. The summed E-state index contributed by atoms with van der Waals surface area (Å²) in [5, 5.41) is 8.96. The van der Waals surface area contributed by atoms with Crippen LogP contribution in [-0.2, 0) is 4.74 Å². The van der Waals surface area contributed by atoms with E-state index in [2.05, 4.69) is 0 Å². The summed E-state index contributed by atoms with van der Waals surface area (Å²) < 4.78 is 5.26. The van der Waals surface area contributed by atoms with Gasteiger partial charge in [-0.3, -0.25) is 0 Å². The predicted octanol–water partition coefficient (Wildman–Crippen LogP) is 2.73. The molecule has 1 N–H and O–H groups in total. The minimum Gasteiger partial charge on any atom is -0.478 e. The SMILES string of the molecule is CCC(C)(C)OC(=O)c1ccccc1C(=O)O. The first-order valence-corrected chi connectivity index (χ1v) is 5.43. The number of carbonyl (C=O) groups is 2. The van der Waals surface area contributed by atoms with Crippen molar-refractivity contribution >= 4 is 11.9 Å². The van der Waals surface area contributed by atoms with Gasteiger partial charge in [0.15, 0.2) is 0 Å². The standard InChI is InChI=1S/C13H16O4/c1-4-13(2,3)17-12(16)10-8-6-5-7-9(10)11(14)15/h5-8H,4H2,1-3H3,(H,14,15). The molecule has 0 aliphatic carbocycles. The molecule has 0 aliphatic heterocycles. The van der Waals surface area contributed by atoms with E-state index in [1.807, 2.05) is 6.92 Å². The summed E-state index contributed by atoms with van der Waals surface area (Å²) in [5.41, 5.74) is -0.547. The number of aromatic carboxylic acids is 1. The minimum absolute atomic E-state index is 0.0376. The molecule has 0 heterocycles. The Kier molecular flexibility index (Phi) is 3.89. The summed E-state index contributed by atoms with van der Waals surface area (Å²) in [6.07, 6.45) is 0.661. The van der Waals surface area contributed by atoms with Gasteiger partial charge >= 0.3 is 11.9 Å². The molecule has 1 aromatic carbocycles. The Morgan fingerprint density at radius 1 is 1.24 bits per heavy atom. The molecular weight excluding hydrogens is 220 g/mol. The Morgan fingerprint density at radius 3 is 2.24 bits per heavy atom. The maximum absolute atomic E-state index is 11.9. The zero-order valence-electron chi connectivity index (χ0n) is 10.2. The third-order valence-electron chi connectivity index (χ3n) is 2.60. The second-order valence-corrected chi connectivity index (χ2v) is 4.35. The van der Waals surface area contributed by atoms with E-state index in [4.69, 9.17) is 9.84 Å². The summed E-state index contributed by atoms with van der Waals surface area (Å²) in [5.74, 6) is -1.73. The van der Waals surface area contributed by atoms with Gasteiger partial charge in [-0.2, -0.15) is 0 Å². The Bertz CT molecular complexity index is 435. The number of carboxylic acids is 1. The van der Waals surface area contributed by atoms with Crippen molar-refractivity contribution in [3.63, 3.8) is 0 Å². The Balaban J connectivity index is 3.01. The molecule has 0 spiro atoms. The zero-order valence-corrected chi connectivity index (χ0v) is 10.2. The van der Waals surface area contributed by atoms with Gasteiger partial charge in [0.25, 0.3) is 0 Å². The summed E-state index contributed by atoms with van der Waals surface area (Å²) >= 11 is 0.